The van der Waals surface area contributed by atoms with Gasteiger partial charge in [0.1, 0.15) is 15.8 Å². The van der Waals surface area contributed by atoms with Gasteiger partial charge in [-0.3, -0.25) is 9.69 Å². The molecule has 1 amide bonds. The first-order valence-corrected chi connectivity index (χ1v) is 9.91. The van der Waals surface area contributed by atoms with Gasteiger partial charge in [0.2, 0.25) is 5.91 Å². The van der Waals surface area contributed by atoms with Crippen LogP contribution in [0.1, 0.15) is 28.4 Å². The number of nitrogens with one attached hydrogen (secondary N) is 1. The number of nitrogens with zero attached hydrogens (tertiary/aromatic N) is 3. The summed E-state index contributed by atoms with van der Waals surface area (Å²) < 4.78 is 13.8. The molecule has 1 aromatic heterocycles. The number of amides is 1. The average molecular weight is 397 g/mol. The molecule has 0 radical (unpaired) electrons. The Balaban J connectivity index is 1.40. The van der Waals surface area contributed by atoms with Crippen molar-refractivity contribution in [1.82, 2.24) is 20.4 Å². The van der Waals surface area contributed by atoms with Gasteiger partial charge in [-0.2, -0.15) is 0 Å². The first-order valence-electron chi connectivity index (χ1n) is 8.72. The van der Waals surface area contributed by atoms with Crippen LogP contribution in [0, 0.1) is 18.7 Å². The molecule has 1 aromatic carbocycles. The molecule has 3 rings (SSSR count). The molecule has 0 unspecified atom stereocenters. The highest BCUT2D eigenvalue weighted by Crippen LogP contribution is 2.21. The topological polar surface area (TPSA) is 58.1 Å². The molecule has 1 aliphatic heterocycles. The Morgan fingerprint density at radius 2 is 2.15 bits per heavy atom. The molecule has 0 bridgehead atoms. The molecule has 5 nitrogen and oxygen atoms in total. The molecule has 0 spiro atoms. The van der Waals surface area contributed by atoms with Gasteiger partial charge in [0.25, 0.3) is 0 Å². The SMILES string of the molecule is Cc1nnc(CN2CCC(CNC(=O)Cc3c(F)cccc3Cl)CC2)s1. The van der Waals surface area contributed by atoms with Crippen LogP contribution in [0.5, 0.6) is 0 Å². The summed E-state index contributed by atoms with van der Waals surface area (Å²) >= 11 is 7.61. The number of carbonyl (C=O) groups is 1. The van der Waals surface area contributed by atoms with E-state index in [0.29, 0.717) is 17.5 Å². The first-order chi connectivity index (χ1) is 12.5. The summed E-state index contributed by atoms with van der Waals surface area (Å²) in [7, 11) is 0. The molecule has 8 heteroatoms. The van der Waals surface area contributed by atoms with Gasteiger partial charge < -0.3 is 5.32 Å². The van der Waals surface area contributed by atoms with E-state index in [1.54, 1.807) is 17.4 Å². The maximum absolute atomic E-state index is 13.8. The normalized spacial score (nSPS) is 16.0. The number of piperidine rings is 1. The van der Waals surface area contributed by atoms with Crippen molar-refractivity contribution >= 4 is 28.8 Å². The number of benzene rings is 1. The number of rotatable bonds is 6. The van der Waals surface area contributed by atoms with Gasteiger partial charge in [0.15, 0.2) is 0 Å². The number of hydrogen-bond acceptors (Lipinski definition) is 5. The van der Waals surface area contributed by atoms with Gasteiger partial charge in [-0.25, -0.2) is 4.39 Å². The lowest BCUT2D eigenvalue weighted by Crippen LogP contribution is -2.38. The van der Waals surface area contributed by atoms with Crippen molar-refractivity contribution in [2.45, 2.75) is 32.7 Å². The lowest BCUT2D eigenvalue weighted by Gasteiger charge is -2.31. The maximum atomic E-state index is 13.8. The Bertz CT molecular complexity index is 741. The number of aryl methyl sites for hydroxylation is 1. The third-order valence-corrected chi connectivity index (χ3v) is 5.80. The molecular formula is C18H22ClFN4OS. The summed E-state index contributed by atoms with van der Waals surface area (Å²) in [5, 5.41) is 13.5. The summed E-state index contributed by atoms with van der Waals surface area (Å²) in [4.78, 5) is 14.5. The minimum atomic E-state index is -0.437. The predicted octanol–water partition coefficient (Wildman–Crippen LogP) is 3.21. The predicted molar refractivity (Wildman–Crippen MR) is 101 cm³/mol. The summed E-state index contributed by atoms with van der Waals surface area (Å²) in [5.41, 5.74) is 0.258. The highest BCUT2D eigenvalue weighted by molar-refractivity contribution is 7.11. The monoisotopic (exact) mass is 396 g/mol. The second-order valence-electron chi connectivity index (χ2n) is 6.62. The second-order valence-corrected chi connectivity index (χ2v) is 8.29. The zero-order chi connectivity index (χ0) is 18.5. The molecule has 0 saturated carbocycles. The first kappa shape index (κ1) is 19.2. The minimum absolute atomic E-state index is 0.0270. The second kappa shape index (κ2) is 8.88. The molecule has 1 saturated heterocycles. The van der Waals surface area contributed by atoms with Gasteiger partial charge in [-0.15, -0.1) is 21.5 Å². The fourth-order valence-electron chi connectivity index (χ4n) is 3.12. The van der Waals surface area contributed by atoms with E-state index in [9.17, 15) is 9.18 Å². The van der Waals surface area contributed by atoms with Crippen molar-refractivity contribution in [1.29, 1.82) is 0 Å². The summed E-state index contributed by atoms with van der Waals surface area (Å²) in [5.74, 6) is -0.181. The van der Waals surface area contributed by atoms with Crippen LogP contribution in [0.3, 0.4) is 0 Å². The van der Waals surface area contributed by atoms with Crippen LogP contribution in [0.15, 0.2) is 18.2 Å². The van der Waals surface area contributed by atoms with Gasteiger partial charge in [0.05, 0.1) is 13.0 Å². The standard InChI is InChI=1S/C18H22ClFN4OS/c1-12-22-23-18(26-12)11-24-7-5-13(6-8-24)10-21-17(25)9-14-15(19)3-2-4-16(14)20/h2-4,13H,5-11H2,1H3,(H,21,25). The maximum Gasteiger partial charge on any atom is 0.224 e. The Kier molecular flexibility index (Phi) is 6.56. The van der Waals surface area contributed by atoms with E-state index < -0.39 is 5.82 Å². The minimum Gasteiger partial charge on any atom is -0.356 e. The third kappa shape index (κ3) is 5.22. The highest BCUT2D eigenvalue weighted by atomic mass is 35.5. The number of aromatic nitrogens is 2. The van der Waals surface area contributed by atoms with Crippen LogP contribution in [0.4, 0.5) is 4.39 Å². The van der Waals surface area contributed by atoms with E-state index in [2.05, 4.69) is 20.4 Å². The Hall–Kier alpha value is -1.57. The Morgan fingerprint density at radius 1 is 1.38 bits per heavy atom. The van der Waals surface area contributed by atoms with E-state index >= 15 is 0 Å². The molecule has 0 atom stereocenters. The van der Waals surface area contributed by atoms with E-state index in [0.717, 1.165) is 42.5 Å². The Morgan fingerprint density at radius 3 is 2.81 bits per heavy atom. The van der Waals surface area contributed by atoms with Crippen LogP contribution in [-0.4, -0.2) is 40.6 Å². The van der Waals surface area contributed by atoms with Gasteiger partial charge in [0, 0.05) is 17.1 Å². The van der Waals surface area contributed by atoms with Crippen LogP contribution in [0.25, 0.3) is 0 Å². The van der Waals surface area contributed by atoms with Crippen LogP contribution in [0.2, 0.25) is 5.02 Å². The average Bonchev–Trinajstić information content (AvgIpc) is 3.02. The van der Waals surface area contributed by atoms with E-state index in [4.69, 9.17) is 11.6 Å². The van der Waals surface area contributed by atoms with Crippen molar-refractivity contribution in [3.63, 3.8) is 0 Å². The number of halogens is 2. The van der Waals surface area contributed by atoms with Crippen molar-refractivity contribution < 1.29 is 9.18 Å². The number of likely N-dealkylation sites (tertiary alicyclic amines) is 1. The molecule has 140 valence electrons. The molecule has 2 aromatic rings. The molecule has 2 heterocycles. The summed E-state index contributed by atoms with van der Waals surface area (Å²) in [6.45, 7) is 5.40. The van der Waals surface area contributed by atoms with Gasteiger partial charge in [-0.1, -0.05) is 17.7 Å². The van der Waals surface area contributed by atoms with Crippen molar-refractivity contribution in [2.24, 2.45) is 5.92 Å². The van der Waals surface area contributed by atoms with Crippen molar-refractivity contribution in [3.05, 3.63) is 44.6 Å². The van der Waals surface area contributed by atoms with Gasteiger partial charge in [-0.05, 0) is 50.9 Å². The molecule has 1 N–H and O–H groups in total. The lowest BCUT2D eigenvalue weighted by atomic mass is 9.96. The van der Waals surface area contributed by atoms with Crippen molar-refractivity contribution in [2.75, 3.05) is 19.6 Å². The molecule has 1 aliphatic rings. The van der Waals surface area contributed by atoms with E-state index in [1.165, 1.54) is 12.1 Å². The molecular weight excluding hydrogens is 375 g/mol. The van der Waals surface area contributed by atoms with Crippen LogP contribution < -0.4 is 5.32 Å². The molecule has 1 fully saturated rings. The fraction of sp³-hybridized carbons (Fsp3) is 0.500. The third-order valence-electron chi connectivity index (χ3n) is 4.62. The van der Waals surface area contributed by atoms with Crippen LogP contribution in [-0.2, 0) is 17.8 Å². The zero-order valence-corrected chi connectivity index (χ0v) is 16.2. The number of carbonyl (C=O) groups excluding carboxylic acids is 1. The smallest absolute Gasteiger partial charge is 0.224 e. The van der Waals surface area contributed by atoms with E-state index in [-0.39, 0.29) is 17.9 Å². The molecule has 0 aliphatic carbocycles. The van der Waals surface area contributed by atoms with Crippen LogP contribution >= 0.6 is 22.9 Å². The van der Waals surface area contributed by atoms with E-state index in [1.807, 2.05) is 6.92 Å². The Labute approximate surface area is 161 Å². The van der Waals surface area contributed by atoms with Crippen molar-refractivity contribution in [3.8, 4) is 0 Å². The summed E-state index contributed by atoms with van der Waals surface area (Å²) in [6.07, 6.45) is 2.03. The molecule has 26 heavy (non-hydrogen) atoms. The largest absolute Gasteiger partial charge is 0.356 e. The highest BCUT2D eigenvalue weighted by Gasteiger charge is 2.21. The zero-order valence-electron chi connectivity index (χ0n) is 14.7. The van der Waals surface area contributed by atoms with Gasteiger partial charge >= 0.3 is 0 Å². The lowest BCUT2D eigenvalue weighted by molar-refractivity contribution is -0.120. The quantitative estimate of drug-likeness (QED) is 0.814. The fourth-order valence-corrected chi connectivity index (χ4v) is 4.11. The number of hydrogen-bond donors (Lipinski definition) is 1. The summed E-state index contributed by atoms with van der Waals surface area (Å²) in [6, 6.07) is 4.46.